The average Bonchev–Trinajstić information content (AvgIpc) is 2.79. The molecule has 4 aromatic rings. The fraction of sp³-hybridized carbons (Fsp3) is 0. The summed E-state index contributed by atoms with van der Waals surface area (Å²) in [7, 11) is -4.13. The molecule has 0 aliphatic carbocycles. The van der Waals surface area contributed by atoms with Gasteiger partial charge in [0.15, 0.2) is 0 Å². The molecule has 0 unspecified atom stereocenters. The highest BCUT2D eigenvalue weighted by molar-refractivity contribution is 7.92. The predicted molar refractivity (Wildman–Crippen MR) is 115 cm³/mol. The number of nitrogens with zero attached hydrogens (tertiary/aromatic N) is 3. The molecular formula is C23H16N4O2S. The zero-order valence-electron chi connectivity index (χ0n) is 15.7. The first kappa shape index (κ1) is 19.3. The van der Waals surface area contributed by atoms with Crippen LogP contribution in [0.25, 0.3) is 22.4 Å². The van der Waals surface area contributed by atoms with E-state index in [1.165, 1.54) is 0 Å². The Morgan fingerprint density at radius 1 is 0.733 bits per heavy atom. The Morgan fingerprint density at radius 2 is 1.27 bits per heavy atom. The fourth-order valence-corrected chi connectivity index (χ4v) is 4.21. The van der Waals surface area contributed by atoms with Gasteiger partial charge in [-0.05, 0) is 17.7 Å². The van der Waals surface area contributed by atoms with Gasteiger partial charge in [-0.25, -0.2) is 0 Å². The molecule has 0 aliphatic heterocycles. The molecule has 4 rings (SSSR count). The smallest absolute Gasteiger partial charge is 0.278 e. The highest BCUT2D eigenvalue weighted by Crippen LogP contribution is 2.35. The minimum absolute atomic E-state index is 0.0570. The number of hydrogen-bond acceptors (Lipinski definition) is 5. The molecule has 0 spiro atoms. The van der Waals surface area contributed by atoms with Gasteiger partial charge < -0.3 is 0 Å². The van der Waals surface area contributed by atoms with Crippen molar-refractivity contribution in [1.29, 1.82) is 5.26 Å². The zero-order chi connectivity index (χ0) is 21.0. The Labute approximate surface area is 174 Å². The van der Waals surface area contributed by atoms with Crippen LogP contribution in [0.5, 0.6) is 0 Å². The molecule has 0 aliphatic rings. The van der Waals surface area contributed by atoms with E-state index in [0.29, 0.717) is 22.5 Å². The Morgan fingerprint density at radius 3 is 1.83 bits per heavy atom. The highest BCUT2D eigenvalue weighted by atomic mass is 32.2. The minimum atomic E-state index is -4.13. The molecule has 6 nitrogen and oxygen atoms in total. The number of hydrogen-bond donors (Lipinski definition) is 1. The Bertz CT molecular complexity index is 1320. The van der Waals surface area contributed by atoms with Crippen LogP contribution in [0.4, 0.5) is 5.69 Å². The largest absolute Gasteiger partial charge is 0.282 e. The van der Waals surface area contributed by atoms with Crippen LogP contribution >= 0.6 is 0 Å². The summed E-state index contributed by atoms with van der Waals surface area (Å²) in [5, 5.41) is 17.7. The number of anilines is 1. The van der Waals surface area contributed by atoms with Crippen molar-refractivity contribution in [2.45, 2.75) is 5.03 Å². The summed E-state index contributed by atoms with van der Waals surface area (Å²) in [4.78, 5) is 0. The lowest BCUT2D eigenvalue weighted by atomic mass is 9.96. The molecule has 1 N–H and O–H groups in total. The fourth-order valence-electron chi connectivity index (χ4n) is 3.11. The van der Waals surface area contributed by atoms with Crippen molar-refractivity contribution < 1.29 is 8.42 Å². The highest BCUT2D eigenvalue weighted by Gasteiger charge is 2.27. The standard InChI is InChI=1S/C23H16N4O2S/c24-16-20-21(17-10-4-1-5-11-17)22(18-12-6-2-7-13-18)25-26-23(20)30(28,29)27-19-14-8-3-9-15-19/h1-15,27H. The van der Waals surface area contributed by atoms with Crippen LogP contribution in [0, 0.1) is 11.3 Å². The van der Waals surface area contributed by atoms with E-state index in [2.05, 4.69) is 14.9 Å². The van der Waals surface area contributed by atoms with Crippen LogP contribution < -0.4 is 4.72 Å². The van der Waals surface area contributed by atoms with E-state index in [1.54, 1.807) is 30.3 Å². The zero-order valence-corrected chi connectivity index (χ0v) is 16.5. The molecule has 7 heteroatoms. The summed E-state index contributed by atoms with van der Waals surface area (Å²) in [6.07, 6.45) is 0. The number of nitrogens with one attached hydrogen (secondary N) is 1. The molecule has 0 radical (unpaired) electrons. The summed E-state index contributed by atoms with van der Waals surface area (Å²) in [5.74, 6) is 0. The van der Waals surface area contributed by atoms with Crippen molar-refractivity contribution in [1.82, 2.24) is 10.2 Å². The van der Waals surface area contributed by atoms with Gasteiger partial charge in [-0.15, -0.1) is 10.2 Å². The molecule has 3 aromatic carbocycles. The molecule has 0 atom stereocenters. The number of aromatic nitrogens is 2. The van der Waals surface area contributed by atoms with Gasteiger partial charge in [-0.3, -0.25) is 4.72 Å². The number of para-hydroxylation sites is 1. The first-order chi connectivity index (χ1) is 14.6. The van der Waals surface area contributed by atoms with Crippen LogP contribution in [-0.2, 0) is 10.0 Å². The molecular weight excluding hydrogens is 396 g/mol. The third-order valence-electron chi connectivity index (χ3n) is 4.44. The SMILES string of the molecule is N#Cc1c(S(=O)(=O)Nc2ccccc2)nnc(-c2ccccc2)c1-c1ccccc1. The first-order valence-electron chi connectivity index (χ1n) is 9.09. The average molecular weight is 412 g/mol. The topological polar surface area (TPSA) is 95.7 Å². The van der Waals surface area contributed by atoms with Gasteiger partial charge >= 0.3 is 0 Å². The molecule has 0 fully saturated rings. The summed E-state index contributed by atoms with van der Waals surface area (Å²) in [5.41, 5.74) is 2.60. The number of sulfonamides is 1. The van der Waals surface area contributed by atoms with Crippen LogP contribution in [0.1, 0.15) is 5.56 Å². The molecule has 1 aromatic heterocycles. The number of rotatable bonds is 5. The van der Waals surface area contributed by atoms with Crippen LogP contribution in [0.15, 0.2) is 96.0 Å². The normalized spacial score (nSPS) is 10.9. The monoisotopic (exact) mass is 412 g/mol. The van der Waals surface area contributed by atoms with E-state index in [1.807, 2.05) is 66.7 Å². The van der Waals surface area contributed by atoms with Crippen LogP contribution in [-0.4, -0.2) is 18.6 Å². The Balaban J connectivity index is 1.95. The Kier molecular flexibility index (Phi) is 5.24. The Hall–Kier alpha value is -4.02. The van der Waals surface area contributed by atoms with E-state index in [-0.39, 0.29) is 5.56 Å². The lowest BCUT2D eigenvalue weighted by molar-refractivity contribution is 0.595. The number of nitriles is 1. The van der Waals surface area contributed by atoms with Crippen molar-refractivity contribution in [3.63, 3.8) is 0 Å². The maximum absolute atomic E-state index is 13.0. The first-order valence-corrected chi connectivity index (χ1v) is 10.6. The van der Waals surface area contributed by atoms with Gasteiger partial charge in [-0.2, -0.15) is 13.7 Å². The molecule has 146 valence electrons. The van der Waals surface area contributed by atoms with E-state index < -0.39 is 15.0 Å². The third kappa shape index (κ3) is 3.77. The predicted octanol–water partition coefficient (Wildman–Crippen LogP) is 4.48. The maximum Gasteiger partial charge on any atom is 0.282 e. The van der Waals surface area contributed by atoms with Crippen molar-refractivity contribution in [2.75, 3.05) is 4.72 Å². The van der Waals surface area contributed by atoms with Crippen molar-refractivity contribution >= 4 is 15.7 Å². The van der Waals surface area contributed by atoms with Crippen molar-refractivity contribution in [3.05, 3.63) is 96.6 Å². The van der Waals surface area contributed by atoms with Crippen LogP contribution in [0.2, 0.25) is 0 Å². The molecule has 0 saturated heterocycles. The molecule has 0 saturated carbocycles. The minimum Gasteiger partial charge on any atom is -0.278 e. The summed E-state index contributed by atoms with van der Waals surface area (Å²) < 4.78 is 28.6. The second-order valence-corrected chi connectivity index (χ2v) is 8.02. The van der Waals surface area contributed by atoms with Gasteiger partial charge in [0, 0.05) is 16.8 Å². The second kappa shape index (κ2) is 8.15. The molecule has 0 bridgehead atoms. The van der Waals surface area contributed by atoms with Gasteiger partial charge in [0.05, 0.1) is 0 Å². The van der Waals surface area contributed by atoms with Crippen molar-refractivity contribution in [3.8, 4) is 28.5 Å². The van der Waals surface area contributed by atoms with Gasteiger partial charge in [0.1, 0.15) is 17.3 Å². The third-order valence-corrected chi connectivity index (χ3v) is 5.74. The summed E-state index contributed by atoms with van der Waals surface area (Å²) in [6, 6.07) is 28.8. The summed E-state index contributed by atoms with van der Waals surface area (Å²) in [6.45, 7) is 0. The molecule has 0 amide bonds. The van der Waals surface area contributed by atoms with E-state index in [9.17, 15) is 13.7 Å². The second-order valence-electron chi connectivity index (χ2n) is 6.42. The van der Waals surface area contributed by atoms with Gasteiger partial charge in [0.25, 0.3) is 10.0 Å². The molecule has 30 heavy (non-hydrogen) atoms. The van der Waals surface area contributed by atoms with Gasteiger partial charge in [0.2, 0.25) is 5.03 Å². The lowest BCUT2D eigenvalue weighted by Crippen LogP contribution is -2.18. The number of benzene rings is 3. The van der Waals surface area contributed by atoms with Crippen molar-refractivity contribution in [2.24, 2.45) is 0 Å². The van der Waals surface area contributed by atoms with Gasteiger partial charge in [-0.1, -0.05) is 78.9 Å². The lowest BCUT2D eigenvalue weighted by Gasteiger charge is -2.14. The van der Waals surface area contributed by atoms with E-state index in [0.717, 1.165) is 5.56 Å². The summed E-state index contributed by atoms with van der Waals surface area (Å²) >= 11 is 0. The quantitative estimate of drug-likeness (QED) is 0.521. The maximum atomic E-state index is 13.0. The van der Waals surface area contributed by atoms with Crippen LogP contribution in [0.3, 0.4) is 0 Å². The van der Waals surface area contributed by atoms with E-state index >= 15 is 0 Å². The molecule has 1 heterocycles. The van der Waals surface area contributed by atoms with E-state index in [4.69, 9.17) is 0 Å².